The Morgan fingerprint density at radius 2 is 1.62 bits per heavy atom. The normalized spacial score (nSPS) is 12.8. The average Bonchev–Trinajstić information content (AvgIpc) is 2.94. The summed E-state index contributed by atoms with van der Waals surface area (Å²) in [4.78, 5) is 28.4. The summed E-state index contributed by atoms with van der Waals surface area (Å²) in [6, 6.07) is 18.0. The Balaban J connectivity index is 2.03. The molecule has 0 spiro atoms. The van der Waals surface area contributed by atoms with Crippen LogP contribution in [0.1, 0.15) is 32.8 Å². The first kappa shape index (κ1) is 31.3. The topological polar surface area (TPSA) is 96.0 Å². The van der Waals surface area contributed by atoms with Gasteiger partial charge in [-0.05, 0) is 80.4 Å². The first-order valence-corrected chi connectivity index (χ1v) is 14.9. The molecule has 0 saturated carbocycles. The summed E-state index contributed by atoms with van der Waals surface area (Å²) in [5, 5.41) is 3.58. The lowest BCUT2D eigenvalue weighted by molar-refractivity contribution is -0.139. The van der Waals surface area contributed by atoms with E-state index in [4.69, 9.17) is 27.9 Å². The molecule has 1 N–H and O–H groups in total. The highest BCUT2D eigenvalue weighted by molar-refractivity contribution is 7.92. The van der Waals surface area contributed by atoms with Gasteiger partial charge in [0, 0.05) is 22.6 Å². The fourth-order valence-corrected chi connectivity index (χ4v) is 5.63. The maximum atomic E-state index is 14.0. The maximum absolute atomic E-state index is 14.0. The number of ether oxygens (including phenoxy) is 1. The fraction of sp³-hybridized carbons (Fsp3) is 0.310. The molecule has 2 atom stereocenters. The third-order valence-electron chi connectivity index (χ3n) is 6.43. The van der Waals surface area contributed by atoms with Crippen molar-refractivity contribution in [1.82, 2.24) is 10.2 Å². The van der Waals surface area contributed by atoms with E-state index in [-0.39, 0.29) is 29.1 Å². The summed E-state index contributed by atoms with van der Waals surface area (Å²) in [6.07, 6.45) is 0.712. The third-order valence-corrected chi connectivity index (χ3v) is 8.71. The van der Waals surface area contributed by atoms with E-state index in [1.807, 2.05) is 13.8 Å². The number of halogens is 2. The van der Waals surface area contributed by atoms with Crippen molar-refractivity contribution in [1.29, 1.82) is 0 Å². The molecular formula is C29H33Cl2N3O5S. The number of benzene rings is 3. The Hall–Kier alpha value is -3.27. The van der Waals surface area contributed by atoms with Crippen molar-refractivity contribution < 1.29 is 22.7 Å². The molecule has 3 aromatic carbocycles. The molecule has 0 aromatic heterocycles. The molecule has 3 aromatic rings. The number of rotatable bonds is 12. The van der Waals surface area contributed by atoms with Crippen LogP contribution in [-0.2, 0) is 26.2 Å². The van der Waals surface area contributed by atoms with Crippen molar-refractivity contribution in [3.05, 3.63) is 88.4 Å². The van der Waals surface area contributed by atoms with Crippen LogP contribution in [0.5, 0.6) is 5.75 Å². The van der Waals surface area contributed by atoms with Gasteiger partial charge in [-0.25, -0.2) is 8.42 Å². The second-order valence-electron chi connectivity index (χ2n) is 9.31. The summed E-state index contributed by atoms with van der Waals surface area (Å²) < 4.78 is 33.9. The first-order chi connectivity index (χ1) is 19.0. The molecule has 2 amide bonds. The lowest BCUT2D eigenvalue weighted by Gasteiger charge is -2.32. The summed E-state index contributed by atoms with van der Waals surface area (Å²) in [7, 11) is -2.68. The zero-order valence-electron chi connectivity index (χ0n) is 22.8. The van der Waals surface area contributed by atoms with Crippen LogP contribution in [0.15, 0.2) is 77.7 Å². The van der Waals surface area contributed by atoms with E-state index in [1.165, 1.54) is 42.3 Å². The Labute approximate surface area is 245 Å². The minimum absolute atomic E-state index is 0.0495. The number of nitrogens with zero attached hydrogens (tertiary/aromatic N) is 2. The van der Waals surface area contributed by atoms with Crippen molar-refractivity contribution in [2.75, 3.05) is 18.0 Å². The van der Waals surface area contributed by atoms with Crippen molar-refractivity contribution in [3.63, 3.8) is 0 Å². The van der Waals surface area contributed by atoms with E-state index in [1.54, 1.807) is 49.4 Å². The average molecular weight is 607 g/mol. The molecule has 0 bridgehead atoms. The van der Waals surface area contributed by atoms with E-state index in [0.29, 0.717) is 27.8 Å². The molecule has 0 radical (unpaired) electrons. The predicted octanol–water partition coefficient (Wildman–Crippen LogP) is 5.53. The second kappa shape index (κ2) is 13.9. The molecule has 11 heteroatoms. The van der Waals surface area contributed by atoms with Crippen molar-refractivity contribution in [3.8, 4) is 5.75 Å². The van der Waals surface area contributed by atoms with E-state index in [0.717, 1.165) is 4.31 Å². The Morgan fingerprint density at radius 1 is 0.950 bits per heavy atom. The van der Waals surface area contributed by atoms with Gasteiger partial charge in [0.05, 0.1) is 17.7 Å². The van der Waals surface area contributed by atoms with E-state index >= 15 is 0 Å². The van der Waals surface area contributed by atoms with Gasteiger partial charge >= 0.3 is 0 Å². The minimum atomic E-state index is -4.22. The van der Waals surface area contributed by atoms with Gasteiger partial charge in [-0.3, -0.25) is 13.9 Å². The van der Waals surface area contributed by atoms with Gasteiger partial charge in [0.1, 0.15) is 18.3 Å². The second-order valence-corrected chi connectivity index (χ2v) is 12.0. The summed E-state index contributed by atoms with van der Waals surface area (Å²) >= 11 is 12.2. The SMILES string of the molecule is CC[C@@H](C)NC(=O)[C@@H](C)N(Cc1cccc(OC)c1)C(=O)CN(c1cccc(Cl)c1)S(=O)(=O)c1ccc(Cl)cc1. The lowest BCUT2D eigenvalue weighted by atomic mass is 10.1. The van der Waals surface area contributed by atoms with Crippen LogP contribution in [-0.4, -0.2) is 50.9 Å². The minimum Gasteiger partial charge on any atom is -0.497 e. The molecule has 40 heavy (non-hydrogen) atoms. The van der Waals surface area contributed by atoms with Crippen LogP contribution >= 0.6 is 23.2 Å². The van der Waals surface area contributed by atoms with E-state index < -0.39 is 28.5 Å². The first-order valence-electron chi connectivity index (χ1n) is 12.7. The largest absolute Gasteiger partial charge is 0.497 e. The number of hydrogen-bond donors (Lipinski definition) is 1. The number of nitrogens with one attached hydrogen (secondary N) is 1. The zero-order valence-corrected chi connectivity index (χ0v) is 25.1. The maximum Gasteiger partial charge on any atom is 0.264 e. The highest BCUT2D eigenvalue weighted by atomic mass is 35.5. The molecule has 3 rings (SSSR count). The van der Waals surface area contributed by atoms with Crippen LogP contribution < -0.4 is 14.4 Å². The number of methoxy groups -OCH3 is 1. The number of anilines is 1. The number of hydrogen-bond acceptors (Lipinski definition) is 5. The molecule has 0 unspecified atom stereocenters. The standard InChI is InChI=1S/C29H33Cl2N3O5S/c1-5-20(2)32-29(36)21(3)33(18-22-8-6-11-26(16-22)39-4)28(35)19-34(25-10-7-9-24(31)17-25)40(37,38)27-14-12-23(30)13-15-27/h6-17,20-21H,5,18-19H2,1-4H3,(H,32,36)/t20-,21-/m1/s1. The zero-order chi connectivity index (χ0) is 29.4. The Morgan fingerprint density at radius 3 is 2.25 bits per heavy atom. The Kier molecular flexibility index (Phi) is 10.8. The highest BCUT2D eigenvalue weighted by Gasteiger charge is 2.33. The highest BCUT2D eigenvalue weighted by Crippen LogP contribution is 2.27. The molecule has 214 valence electrons. The number of sulfonamides is 1. The van der Waals surface area contributed by atoms with Gasteiger partial charge in [0.2, 0.25) is 11.8 Å². The number of carbonyl (C=O) groups is 2. The predicted molar refractivity (Wildman–Crippen MR) is 158 cm³/mol. The van der Waals surface area contributed by atoms with Crippen LogP contribution in [0.4, 0.5) is 5.69 Å². The molecule has 0 aliphatic heterocycles. The molecule has 0 fully saturated rings. The molecule has 0 heterocycles. The van der Waals surface area contributed by atoms with Gasteiger partial charge in [0.15, 0.2) is 0 Å². The van der Waals surface area contributed by atoms with E-state index in [9.17, 15) is 18.0 Å². The molecule has 0 aliphatic carbocycles. The molecular weight excluding hydrogens is 573 g/mol. The van der Waals surface area contributed by atoms with Gasteiger partial charge in [-0.2, -0.15) is 0 Å². The molecule has 0 saturated heterocycles. The van der Waals surface area contributed by atoms with Gasteiger partial charge in [-0.15, -0.1) is 0 Å². The summed E-state index contributed by atoms with van der Waals surface area (Å²) in [6.45, 7) is 4.91. The van der Waals surface area contributed by atoms with Crippen LogP contribution in [0.25, 0.3) is 0 Å². The van der Waals surface area contributed by atoms with Crippen molar-refractivity contribution >= 4 is 50.7 Å². The third kappa shape index (κ3) is 7.90. The van der Waals surface area contributed by atoms with Gasteiger partial charge in [-0.1, -0.05) is 48.3 Å². The van der Waals surface area contributed by atoms with Crippen molar-refractivity contribution in [2.24, 2.45) is 0 Å². The molecule has 8 nitrogen and oxygen atoms in total. The smallest absolute Gasteiger partial charge is 0.264 e. The van der Waals surface area contributed by atoms with Gasteiger partial charge in [0.25, 0.3) is 10.0 Å². The van der Waals surface area contributed by atoms with Crippen LogP contribution in [0, 0.1) is 0 Å². The summed E-state index contributed by atoms with van der Waals surface area (Å²) in [5.74, 6) is -0.333. The summed E-state index contributed by atoms with van der Waals surface area (Å²) in [5.41, 5.74) is 0.916. The number of amides is 2. The molecule has 0 aliphatic rings. The van der Waals surface area contributed by atoms with Gasteiger partial charge < -0.3 is 15.0 Å². The van der Waals surface area contributed by atoms with Crippen LogP contribution in [0.3, 0.4) is 0 Å². The monoisotopic (exact) mass is 605 g/mol. The fourth-order valence-electron chi connectivity index (χ4n) is 3.91. The Bertz CT molecular complexity index is 1430. The van der Waals surface area contributed by atoms with E-state index in [2.05, 4.69) is 5.32 Å². The van der Waals surface area contributed by atoms with Crippen molar-refractivity contribution in [2.45, 2.75) is 50.7 Å². The number of carbonyl (C=O) groups excluding carboxylic acids is 2. The van der Waals surface area contributed by atoms with Crippen LogP contribution in [0.2, 0.25) is 10.0 Å². The lowest BCUT2D eigenvalue weighted by Crippen LogP contribution is -2.52. The quantitative estimate of drug-likeness (QED) is 0.293.